The predicted molar refractivity (Wildman–Crippen MR) is 172 cm³/mol. The predicted octanol–water partition coefficient (Wildman–Crippen LogP) is 4.47. The van der Waals surface area contributed by atoms with Gasteiger partial charge in [-0.25, -0.2) is 11.0 Å². The molecule has 1 aromatic heterocycles. The molecular formula is C31H38ClN7O3S. The van der Waals surface area contributed by atoms with Gasteiger partial charge in [-0.15, -0.1) is 5.10 Å². The minimum atomic E-state index is -0.0400. The van der Waals surface area contributed by atoms with Gasteiger partial charge in [0, 0.05) is 60.8 Å². The molecule has 0 aliphatic carbocycles. The zero-order valence-electron chi connectivity index (χ0n) is 24.5. The molecule has 2 aromatic carbocycles. The molecule has 10 nitrogen and oxygen atoms in total. The Bertz CT molecular complexity index is 1390. The Kier molecular flexibility index (Phi) is 12.2. The van der Waals surface area contributed by atoms with Crippen LogP contribution in [0.2, 0.25) is 5.02 Å². The van der Waals surface area contributed by atoms with Crippen LogP contribution in [0.1, 0.15) is 29.3 Å². The number of carbonyl (C=O) groups is 1. The van der Waals surface area contributed by atoms with Crippen molar-refractivity contribution in [1.82, 2.24) is 19.9 Å². The second kappa shape index (κ2) is 16.3. The molecule has 1 aliphatic heterocycles. The van der Waals surface area contributed by atoms with E-state index >= 15 is 0 Å². The highest BCUT2D eigenvalue weighted by Crippen LogP contribution is 2.21. The lowest BCUT2D eigenvalue weighted by molar-refractivity contribution is -0.127. The summed E-state index contributed by atoms with van der Waals surface area (Å²) >= 11 is 7.53. The zero-order valence-corrected chi connectivity index (χ0v) is 26.1. The molecular weight excluding hydrogens is 586 g/mol. The molecule has 4 rings (SSSR count). The number of rotatable bonds is 13. The smallest absolute Gasteiger partial charge is 0.246 e. The third-order valence-corrected chi connectivity index (χ3v) is 7.59. The molecule has 4 N–H and O–H groups in total. The number of carbonyl (C=O) groups excluding carboxylic acids is 1. The number of aryl methyl sites for hydroxylation is 1. The standard InChI is InChI=1S/C31H38ClN7O3S/c1-23-3-10-30(11-4-23)43-42-18-17-41-29-9-8-28(35-20-29)22-37-13-15-38(16-14-37)31(40)12-6-25-5-7-27(32)19-26(25)21-39(34)36-24(2)33/h3-12,19-20H,13-18,21-22,34H2,1-2H3,(H2,33,36)/b12-6+. The van der Waals surface area contributed by atoms with Crippen LogP contribution in [0, 0.1) is 6.92 Å². The third-order valence-electron chi connectivity index (χ3n) is 6.61. The molecule has 228 valence electrons. The van der Waals surface area contributed by atoms with Crippen molar-refractivity contribution in [3.8, 4) is 5.75 Å². The summed E-state index contributed by atoms with van der Waals surface area (Å²) in [4.78, 5) is 22.7. The zero-order chi connectivity index (χ0) is 30.6. The Hall–Kier alpha value is -3.61. The average Bonchev–Trinajstić information content (AvgIpc) is 2.98. The SMILES string of the molecule is C/C(N)=N/N(N)Cc1cc(Cl)ccc1/C=C/C(=O)N1CCN(Cc2ccc(OCCOSc3ccc(C)cc3)cn2)CC1. The number of nitrogens with two attached hydrogens (primary N) is 2. The van der Waals surface area contributed by atoms with Gasteiger partial charge in [0.1, 0.15) is 18.2 Å². The number of aromatic nitrogens is 1. The molecule has 43 heavy (non-hydrogen) atoms. The fourth-order valence-corrected chi connectivity index (χ4v) is 5.12. The highest BCUT2D eigenvalue weighted by Gasteiger charge is 2.20. The maximum Gasteiger partial charge on any atom is 0.246 e. The average molecular weight is 624 g/mol. The molecule has 1 saturated heterocycles. The number of amidine groups is 1. The number of hydrogen-bond donors (Lipinski definition) is 2. The summed E-state index contributed by atoms with van der Waals surface area (Å²) in [5.41, 5.74) is 9.47. The normalized spacial score (nSPS) is 14.3. The van der Waals surface area contributed by atoms with Crippen LogP contribution in [0.5, 0.6) is 5.75 Å². The van der Waals surface area contributed by atoms with E-state index in [-0.39, 0.29) is 5.91 Å². The summed E-state index contributed by atoms with van der Waals surface area (Å²) < 4.78 is 11.4. The minimum absolute atomic E-state index is 0.0400. The van der Waals surface area contributed by atoms with E-state index in [1.54, 1.807) is 37.4 Å². The van der Waals surface area contributed by atoms with Crippen LogP contribution < -0.4 is 16.3 Å². The number of hydrogen-bond acceptors (Lipinski definition) is 9. The van der Waals surface area contributed by atoms with E-state index in [9.17, 15) is 4.79 Å². The Morgan fingerprint density at radius 3 is 2.58 bits per heavy atom. The number of ether oxygens (including phenoxy) is 1. The van der Waals surface area contributed by atoms with Gasteiger partial charge in [0.25, 0.3) is 0 Å². The second-order valence-corrected chi connectivity index (χ2v) is 11.5. The van der Waals surface area contributed by atoms with Crippen molar-refractivity contribution in [1.29, 1.82) is 0 Å². The van der Waals surface area contributed by atoms with Gasteiger partial charge in [-0.05, 0) is 67.4 Å². The molecule has 1 fully saturated rings. The van der Waals surface area contributed by atoms with Gasteiger partial charge in [0.2, 0.25) is 5.91 Å². The van der Waals surface area contributed by atoms with E-state index in [2.05, 4.69) is 34.0 Å². The number of nitrogens with zero attached hydrogens (tertiary/aromatic N) is 5. The lowest BCUT2D eigenvalue weighted by atomic mass is 10.1. The summed E-state index contributed by atoms with van der Waals surface area (Å²) in [5, 5.41) is 5.85. The summed E-state index contributed by atoms with van der Waals surface area (Å²) in [6.45, 7) is 8.44. The Labute approximate surface area is 262 Å². The Balaban J connectivity index is 1.18. The quantitative estimate of drug-likeness (QED) is 0.0540. The molecule has 0 spiro atoms. The van der Waals surface area contributed by atoms with Gasteiger partial charge in [-0.1, -0.05) is 35.4 Å². The molecule has 0 atom stereocenters. The summed E-state index contributed by atoms with van der Waals surface area (Å²) in [6.07, 6.45) is 5.12. The lowest BCUT2D eigenvalue weighted by Crippen LogP contribution is -2.47. The van der Waals surface area contributed by atoms with Gasteiger partial charge < -0.3 is 19.6 Å². The molecule has 12 heteroatoms. The Morgan fingerprint density at radius 1 is 1.12 bits per heavy atom. The summed E-state index contributed by atoms with van der Waals surface area (Å²) in [7, 11) is 0. The van der Waals surface area contributed by atoms with E-state index in [1.165, 1.54) is 22.7 Å². The first-order valence-electron chi connectivity index (χ1n) is 14.0. The molecule has 0 unspecified atom stereocenters. The third kappa shape index (κ3) is 10.9. The highest BCUT2D eigenvalue weighted by atomic mass is 35.5. The summed E-state index contributed by atoms with van der Waals surface area (Å²) in [6, 6.07) is 17.5. The monoisotopic (exact) mass is 623 g/mol. The van der Waals surface area contributed by atoms with E-state index in [0.717, 1.165) is 34.8 Å². The van der Waals surface area contributed by atoms with Crippen LogP contribution in [0.25, 0.3) is 6.08 Å². The van der Waals surface area contributed by atoms with Crippen LogP contribution in [0.3, 0.4) is 0 Å². The molecule has 0 bridgehead atoms. The minimum Gasteiger partial charge on any atom is -0.490 e. The number of amides is 1. The van der Waals surface area contributed by atoms with Crippen molar-refractivity contribution in [2.45, 2.75) is 31.8 Å². The van der Waals surface area contributed by atoms with Crippen molar-refractivity contribution >= 4 is 41.5 Å². The first-order chi connectivity index (χ1) is 20.7. The number of piperazine rings is 1. The van der Waals surface area contributed by atoms with E-state index < -0.39 is 0 Å². The maximum atomic E-state index is 12.9. The van der Waals surface area contributed by atoms with Crippen molar-refractivity contribution in [3.05, 3.63) is 94.3 Å². The highest BCUT2D eigenvalue weighted by molar-refractivity contribution is 7.94. The first-order valence-corrected chi connectivity index (χ1v) is 15.1. The molecule has 1 aliphatic rings. The van der Waals surface area contributed by atoms with Crippen LogP contribution in [-0.4, -0.2) is 71.0 Å². The van der Waals surface area contributed by atoms with Crippen LogP contribution >= 0.6 is 23.6 Å². The fourth-order valence-electron chi connectivity index (χ4n) is 4.40. The van der Waals surface area contributed by atoms with E-state index in [1.807, 2.05) is 35.2 Å². The van der Waals surface area contributed by atoms with E-state index in [4.69, 9.17) is 32.1 Å². The van der Waals surface area contributed by atoms with Gasteiger partial charge >= 0.3 is 0 Å². The molecule has 0 radical (unpaired) electrons. The number of benzene rings is 2. The van der Waals surface area contributed by atoms with Gasteiger partial charge in [0.15, 0.2) is 0 Å². The van der Waals surface area contributed by atoms with Crippen LogP contribution in [-0.2, 0) is 22.1 Å². The lowest BCUT2D eigenvalue weighted by Gasteiger charge is -2.34. The molecule has 0 saturated carbocycles. The van der Waals surface area contributed by atoms with Gasteiger partial charge in [-0.2, -0.15) is 0 Å². The fraction of sp³-hybridized carbons (Fsp3) is 0.323. The largest absolute Gasteiger partial charge is 0.490 e. The van der Waals surface area contributed by atoms with Crippen molar-refractivity contribution < 1.29 is 13.7 Å². The molecule has 2 heterocycles. The maximum absolute atomic E-state index is 12.9. The number of pyridine rings is 1. The van der Waals surface area contributed by atoms with Gasteiger partial charge in [-0.3, -0.25) is 14.7 Å². The first kappa shape index (κ1) is 32.3. The molecule has 3 aromatic rings. The van der Waals surface area contributed by atoms with Crippen LogP contribution in [0.15, 0.2) is 76.9 Å². The second-order valence-electron chi connectivity index (χ2n) is 10.2. The van der Waals surface area contributed by atoms with Gasteiger partial charge in [0.05, 0.1) is 25.0 Å². The Morgan fingerprint density at radius 2 is 1.88 bits per heavy atom. The molecule has 1 amide bonds. The number of halogens is 1. The van der Waals surface area contributed by atoms with Crippen molar-refractivity contribution in [2.75, 3.05) is 39.4 Å². The van der Waals surface area contributed by atoms with Crippen molar-refractivity contribution in [3.63, 3.8) is 0 Å². The van der Waals surface area contributed by atoms with Crippen molar-refractivity contribution in [2.24, 2.45) is 16.7 Å². The summed E-state index contributed by atoms with van der Waals surface area (Å²) in [5.74, 6) is 6.95. The topological polar surface area (TPSA) is 123 Å². The van der Waals surface area contributed by atoms with E-state index in [0.29, 0.717) is 56.0 Å². The van der Waals surface area contributed by atoms with Crippen LogP contribution in [0.4, 0.5) is 0 Å². The number of hydrazone groups is 1. The number of hydrazine groups is 1.